The molecule has 0 saturated carbocycles. The predicted octanol–water partition coefficient (Wildman–Crippen LogP) is 5.77. The van der Waals surface area contributed by atoms with E-state index in [4.69, 9.17) is 23.2 Å². The van der Waals surface area contributed by atoms with E-state index < -0.39 is 5.92 Å². The largest absolute Gasteiger partial charge is 0.301 e. The first-order chi connectivity index (χ1) is 11.0. The van der Waals surface area contributed by atoms with Gasteiger partial charge in [-0.1, -0.05) is 55.3 Å². The lowest BCUT2D eigenvalue weighted by Gasteiger charge is -2.14. The van der Waals surface area contributed by atoms with Gasteiger partial charge in [-0.05, 0) is 30.0 Å². The van der Waals surface area contributed by atoms with E-state index in [1.807, 2.05) is 23.6 Å². The maximum atomic E-state index is 12.6. The van der Waals surface area contributed by atoms with E-state index in [2.05, 4.69) is 24.1 Å². The standard InChI is InChI=1S/C17H18Cl2N2OS/c1-11(2)4-3-5-13(12-6-7-14(18)15(19)10-12)16(22)21-17-20-8-9-23-17/h3,5-11,13H,4H2,1-2H3,(H,20,21,22)/b5-3+. The minimum Gasteiger partial charge on any atom is -0.301 e. The highest BCUT2D eigenvalue weighted by Gasteiger charge is 2.19. The van der Waals surface area contributed by atoms with E-state index in [9.17, 15) is 4.79 Å². The van der Waals surface area contributed by atoms with Gasteiger partial charge in [0.25, 0.3) is 0 Å². The van der Waals surface area contributed by atoms with Crippen molar-refractivity contribution in [2.75, 3.05) is 5.32 Å². The molecule has 1 atom stereocenters. The molecular formula is C17H18Cl2N2OS. The van der Waals surface area contributed by atoms with Crippen LogP contribution in [0.3, 0.4) is 0 Å². The number of nitrogens with zero attached hydrogens (tertiary/aromatic N) is 1. The lowest BCUT2D eigenvalue weighted by Crippen LogP contribution is -2.19. The summed E-state index contributed by atoms with van der Waals surface area (Å²) in [5, 5.41) is 6.14. The second-order valence-corrected chi connectivity index (χ2v) is 7.24. The quantitative estimate of drug-likeness (QED) is 0.657. The lowest BCUT2D eigenvalue weighted by atomic mass is 9.96. The summed E-state index contributed by atoms with van der Waals surface area (Å²) in [4.78, 5) is 16.7. The average molecular weight is 369 g/mol. The molecule has 0 aliphatic rings. The van der Waals surface area contributed by atoms with Crippen LogP contribution in [0.15, 0.2) is 41.9 Å². The van der Waals surface area contributed by atoms with Gasteiger partial charge in [-0.15, -0.1) is 11.3 Å². The van der Waals surface area contributed by atoms with Gasteiger partial charge < -0.3 is 5.32 Å². The summed E-state index contributed by atoms with van der Waals surface area (Å²) in [6, 6.07) is 5.26. The number of amides is 1. The number of halogens is 2. The number of allylic oxidation sites excluding steroid dienone is 1. The van der Waals surface area contributed by atoms with Crippen LogP contribution in [0, 0.1) is 5.92 Å². The maximum absolute atomic E-state index is 12.6. The van der Waals surface area contributed by atoms with E-state index in [0.717, 1.165) is 12.0 Å². The third-order valence-electron chi connectivity index (χ3n) is 3.18. The molecule has 23 heavy (non-hydrogen) atoms. The summed E-state index contributed by atoms with van der Waals surface area (Å²) in [6.45, 7) is 4.27. The highest BCUT2D eigenvalue weighted by Crippen LogP contribution is 2.28. The number of anilines is 1. The van der Waals surface area contributed by atoms with Crippen molar-refractivity contribution in [1.29, 1.82) is 0 Å². The number of benzene rings is 1. The second kappa shape index (κ2) is 8.48. The van der Waals surface area contributed by atoms with Crippen LogP contribution in [-0.2, 0) is 4.79 Å². The van der Waals surface area contributed by atoms with Crippen molar-refractivity contribution in [2.24, 2.45) is 5.92 Å². The minimum absolute atomic E-state index is 0.140. The van der Waals surface area contributed by atoms with E-state index in [1.165, 1.54) is 11.3 Å². The first-order valence-electron chi connectivity index (χ1n) is 7.29. The molecule has 1 unspecified atom stereocenters. The van der Waals surface area contributed by atoms with Crippen LogP contribution in [0.25, 0.3) is 0 Å². The number of rotatable bonds is 6. The lowest BCUT2D eigenvalue weighted by molar-refractivity contribution is -0.116. The third kappa shape index (κ3) is 5.34. The minimum atomic E-state index is -0.438. The van der Waals surface area contributed by atoms with Crippen LogP contribution in [0.4, 0.5) is 5.13 Å². The normalized spacial score (nSPS) is 12.7. The van der Waals surface area contributed by atoms with Crippen molar-refractivity contribution in [3.63, 3.8) is 0 Å². The highest BCUT2D eigenvalue weighted by molar-refractivity contribution is 7.13. The van der Waals surface area contributed by atoms with Crippen molar-refractivity contribution < 1.29 is 4.79 Å². The third-order valence-corrected chi connectivity index (χ3v) is 4.61. The molecule has 0 spiro atoms. The van der Waals surface area contributed by atoms with Gasteiger partial charge in [-0.3, -0.25) is 4.79 Å². The molecule has 0 aliphatic carbocycles. The molecule has 0 saturated heterocycles. The van der Waals surface area contributed by atoms with Crippen LogP contribution in [0.2, 0.25) is 10.0 Å². The van der Waals surface area contributed by atoms with Gasteiger partial charge in [-0.2, -0.15) is 0 Å². The van der Waals surface area contributed by atoms with Crippen molar-refractivity contribution in [3.8, 4) is 0 Å². The molecule has 0 aliphatic heterocycles. The summed E-state index contributed by atoms with van der Waals surface area (Å²) in [7, 11) is 0. The fraction of sp³-hybridized carbons (Fsp3) is 0.294. The van der Waals surface area contributed by atoms with Gasteiger partial charge in [0.2, 0.25) is 5.91 Å². The Bertz CT molecular complexity index is 684. The van der Waals surface area contributed by atoms with Crippen LogP contribution < -0.4 is 5.32 Å². The van der Waals surface area contributed by atoms with Gasteiger partial charge in [0.15, 0.2) is 5.13 Å². The fourth-order valence-electron chi connectivity index (χ4n) is 2.01. The Kier molecular flexibility index (Phi) is 6.63. The Labute approximate surface area is 150 Å². The number of carbonyl (C=O) groups is 1. The Morgan fingerprint density at radius 1 is 1.35 bits per heavy atom. The fourth-order valence-corrected chi connectivity index (χ4v) is 2.85. The number of thiazole rings is 1. The topological polar surface area (TPSA) is 42.0 Å². The zero-order chi connectivity index (χ0) is 16.8. The highest BCUT2D eigenvalue weighted by atomic mass is 35.5. The van der Waals surface area contributed by atoms with E-state index in [-0.39, 0.29) is 5.91 Å². The molecule has 0 radical (unpaired) electrons. The van der Waals surface area contributed by atoms with Gasteiger partial charge in [0.05, 0.1) is 16.0 Å². The van der Waals surface area contributed by atoms with Crippen molar-refractivity contribution >= 4 is 45.6 Å². The van der Waals surface area contributed by atoms with E-state index in [0.29, 0.717) is 21.1 Å². The summed E-state index contributed by atoms with van der Waals surface area (Å²) >= 11 is 13.4. The average Bonchev–Trinajstić information content (AvgIpc) is 2.99. The smallest absolute Gasteiger partial charge is 0.237 e. The zero-order valence-corrected chi connectivity index (χ0v) is 15.3. The van der Waals surface area contributed by atoms with Crippen molar-refractivity contribution in [2.45, 2.75) is 26.2 Å². The van der Waals surface area contributed by atoms with Crippen LogP contribution in [0.1, 0.15) is 31.7 Å². The summed E-state index contributed by atoms with van der Waals surface area (Å²) in [6.07, 6.45) is 6.49. The summed E-state index contributed by atoms with van der Waals surface area (Å²) < 4.78 is 0. The van der Waals surface area contributed by atoms with E-state index in [1.54, 1.807) is 18.3 Å². The van der Waals surface area contributed by atoms with Crippen LogP contribution in [-0.4, -0.2) is 10.9 Å². The zero-order valence-electron chi connectivity index (χ0n) is 12.9. The number of carbonyl (C=O) groups excluding carboxylic acids is 1. The maximum Gasteiger partial charge on any atom is 0.237 e. The molecule has 1 N–H and O–H groups in total. The number of aromatic nitrogens is 1. The Morgan fingerprint density at radius 2 is 2.13 bits per heavy atom. The molecule has 6 heteroatoms. The molecule has 1 heterocycles. The number of hydrogen-bond donors (Lipinski definition) is 1. The molecule has 1 amide bonds. The summed E-state index contributed by atoms with van der Waals surface area (Å²) in [5.41, 5.74) is 0.800. The van der Waals surface area contributed by atoms with Gasteiger partial charge >= 0.3 is 0 Å². The Hall–Kier alpha value is -1.36. The molecule has 0 fully saturated rings. The SMILES string of the molecule is CC(C)C/C=C/C(C(=O)Nc1nccs1)c1ccc(Cl)c(Cl)c1. The van der Waals surface area contributed by atoms with Gasteiger partial charge in [-0.25, -0.2) is 4.98 Å². The molecular weight excluding hydrogens is 351 g/mol. The first kappa shape index (κ1) is 18.0. The second-order valence-electron chi connectivity index (χ2n) is 5.54. The molecule has 1 aromatic carbocycles. The first-order valence-corrected chi connectivity index (χ1v) is 8.93. The Balaban J connectivity index is 2.24. The number of nitrogens with one attached hydrogen (secondary N) is 1. The van der Waals surface area contributed by atoms with Crippen molar-refractivity contribution in [3.05, 3.63) is 57.5 Å². The molecule has 2 aromatic rings. The monoisotopic (exact) mass is 368 g/mol. The number of hydrogen-bond acceptors (Lipinski definition) is 3. The predicted molar refractivity (Wildman–Crippen MR) is 98.5 cm³/mol. The molecule has 0 bridgehead atoms. The van der Waals surface area contributed by atoms with Gasteiger partial charge in [0, 0.05) is 11.6 Å². The van der Waals surface area contributed by atoms with Crippen LogP contribution >= 0.6 is 34.5 Å². The van der Waals surface area contributed by atoms with Crippen molar-refractivity contribution in [1.82, 2.24) is 4.98 Å². The van der Waals surface area contributed by atoms with E-state index >= 15 is 0 Å². The summed E-state index contributed by atoms with van der Waals surface area (Å²) in [5.74, 6) is -0.0477. The van der Waals surface area contributed by atoms with Gasteiger partial charge in [0.1, 0.15) is 0 Å². The molecule has 3 nitrogen and oxygen atoms in total. The molecule has 122 valence electrons. The van der Waals surface area contributed by atoms with Crippen LogP contribution in [0.5, 0.6) is 0 Å². The molecule has 2 rings (SSSR count). The molecule has 1 aromatic heterocycles. The Morgan fingerprint density at radius 3 is 2.74 bits per heavy atom.